The smallest absolute Gasteiger partial charge is 0.305 e. The maximum atomic E-state index is 11.0. The number of esters is 1. The fourth-order valence-corrected chi connectivity index (χ4v) is 1.59. The molecule has 15 heavy (non-hydrogen) atoms. The van der Waals surface area contributed by atoms with E-state index in [2.05, 4.69) is 10.7 Å². The van der Waals surface area contributed by atoms with Gasteiger partial charge < -0.3 is 9.84 Å². The van der Waals surface area contributed by atoms with Gasteiger partial charge in [-0.15, -0.1) is 6.42 Å². The lowest BCUT2D eigenvalue weighted by Crippen LogP contribution is -2.20. The number of carbonyl (C=O) groups is 1. The number of carbonyl (C=O) groups excluding carboxylic acids is 1. The van der Waals surface area contributed by atoms with Crippen molar-refractivity contribution in [3.8, 4) is 12.3 Å². The maximum Gasteiger partial charge on any atom is 0.305 e. The first-order chi connectivity index (χ1) is 7.14. The average Bonchev–Trinajstić information content (AvgIpc) is 2.30. The lowest BCUT2D eigenvalue weighted by molar-refractivity contribution is -0.141. The summed E-state index contributed by atoms with van der Waals surface area (Å²) in [5.41, 5.74) is -0.267. The van der Waals surface area contributed by atoms with E-state index in [1.807, 2.05) is 6.92 Å². The second-order valence-electron chi connectivity index (χ2n) is 3.68. The molecule has 0 unspecified atom stereocenters. The molecule has 0 heterocycles. The molecular formula is C12H20O3. The molecule has 0 aromatic heterocycles. The van der Waals surface area contributed by atoms with Gasteiger partial charge in [-0.1, -0.05) is 12.8 Å². The van der Waals surface area contributed by atoms with E-state index < -0.39 is 0 Å². The van der Waals surface area contributed by atoms with Gasteiger partial charge in [-0.25, -0.2) is 0 Å². The number of aliphatic hydroxyl groups is 1. The Labute approximate surface area is 91.8 Å². The molecule has 0 aromatic rings. The Bertz CT molecular complexity index is 230. The molecule has 0 aromatic carbocycles. The van der Waals surface area contributed by atoms with Crippen molar-refractivity contribution in [2.24, 2.45) is 5.41 Å². The molecule has 1 atom stereocenters. The van der Waals surface area contributed by atoms with Crippen LogP contribution < -0.4 is 0 Å². The van der Waals surface area contributed by atoms with Crippen LogP contribution in [0.15, 0.2) is 0 Å². The summed E-state index contributed by atoms with van der Waals surface area (Å²) in [6, 6.07) is 0. The summed E-state index contributed by atoms with van der Waals surface area (Å²) >= 11 is 0. The molecule has 86 valence electrons. The Morgan fingerprint density at radius 1 is 1.53 bits per heavy atom. The van der Waals surface area contributed by atoms with Crippen LogP contribution in [0.2, 0.25) is 0 Å². The zero-order valence-corrected chi connectivity index (χ0v) is 9.58. The number of hydrogen-bond donors (Lipinski definition) is 1. The largest absolute Gasteiger partial charge is 0.469 e. The first-order valence-electron chi connectivity index (χ1n) is 5.29. The van der Waals surface area contributed by atoms with Crippen LogP contribution in [0.5, 0.6) is 0 Å². The second-order valence-corrected chi connectivity index (χ2v) is 3.68. The number of ether oxygens (including phenoxy) is 1. The molecule has 0 aliphatic rings. The molecule has 0 fully saturated rings. The highest BCUT2D eigenvalue weighted by Gasteiger charge is 2.25. The lowest BCUT2D eigenvalue weighted by atomic mass is 9.77. The van der Waals surface area contributed by atoms with Gasteiger partial charge in [-0.2, -0.15) is 0 Å². The zero-order valence-electron chi connectivity index (χ0n) is 9.58. The fourth-order valence-electron chi connectivity index (χ4n) is 1.59. The molecule has 0 amide bonds. The fraction of sp³-hybridized carbons (Fsp3) is 0.750. The Morgan fingerprint density at radius 2 is 2.20 bits per heavy atom. The molecule has 1 N–H and O–H groups in total. The van der Waals surface area contributed by atoms with Gasteiger partial charge in [0.1, 0.15) is 0 Å². The van der Waals surface area contributed by atoms with E-state index in [1.165, 1.54) is 7.11 Å². The minimum Gasteiger partial charge on any atom is -0.469 e. The molecule has 0 spiro atoms. The number of aliphatic hydroxyl groups excluding tert-OH is 1. The summed E-state index contributed by atoms with van der Waals surface area (Å²) in [5.74, 6) is 2.53. The first-order valence-corrected chi connectivity index (χ1v) is 5.29. The van der Waals surface area contributed by atoms with Crippen LogP contribution in [-0.4, -0.2) is 24.8 Å². The van der Waals surface area contributed by atoms with Gasteiger partial charge in [0.05, 0.1) is 7.11 Å². The van der Waals surface area contributed by atoms with Crippen molar-refractivity contribution < 1.29 is 14.6 Å². The third kappa shape index (κ3) is 4.85. The van der Waals surface area contributed by atoms with Crippen LogP contribution in [-0.2, 0) is 9.53 Å². The van der Waals surface area contributed by atoms with E-state index in [1.54, 1.807) is 0 Å². The van der Waals surface area contributed by atoms with Gasteiger partial charge in [-0.3, -0.25) is 4.79 Å². The summed E-state index contributed by atoms with van der Waals surface area (Å²) in [7, 11) is 1.37. The standard InChI is InChI=1S/C12H20O3/c1-4-12(5-2,8-6-10-13)9-7-11(14)15-3/h1,13H,5-10H2,2-3H3/t12-/m0/s1. The number of hydrogen-bond acceptors (Lipinski definition) is 3. The monoisotopic (exact) mass is 212 g/mol. The highest BCUT2D eigenvalue weighted by molar-refractivity contribution is 5.69. The van der Waals surface area contributed by atoms with Crippen LogP contribution in [0.25, 0.3) is 0 Å². The van der Waals surface area contributed by atoms with Gasteiger partial charge in [0, 0.05) is 18.4 Å². The van der Waals surface area contributed by atoms with E-state index >= 15 is 0 Å². The summed E-state index contributed by atoms with van der Waals surface area (Å²) in [5, 5.41) is 8.78. The van der Waals surface area contributed by atoms with E-state index in [9.17, 15) is 4.79 Å². The van der Waals surface area contributed by atoms with E-state index in [4.69, 9.17) is 11.5 Å². The highest BCUT2D eigenvalue weighted by Crippen LogP contribution is 2.32. The summed E-state index contributed by atoms with van der Waals surface area (Å²) in [4.78, 5) is 11.0. The molecule has 0 rings (SSSR count). The Kier molecular flexibility index (Phi) is 6.81. The molecular weight excluding hydrogens is 192 g/mol. The molecule has 3 heteroatoms. The van der Waals surface area contributed by atoms with Crippen LogP contribution in [0, 0.1) is 17.8 Å². The molecule has 3 nitrogen and oxygen atoms in total. The number of methoxy groups -OCH3 is 1. The van der Waals surface area contributed by atoms with Crippen molar-refractivity contribution in [1.82, 2.24) is 0 Å². The number of rotatable bonds is 7. The third-order valence-electron chi connectivity index (χ3n) is 2.83. The van der Waals surface area contributed by atoms with Crippen molar-refractivity contribution in [3.63, 3.8) is 0 Å². The summed E-state index contributed by atoms with van der Waals surface area (Å²) < 4.78 is 4.58. The average molecular weight is 212 g/mol. The topological polar surface area (TPSA) is 46.5 Å². The van der Waals surface area contributed by atoms with Crippen molar-refractivity contribution in [3.05, 3.63) is 0 Å². The van der Waals surface area contributed by atoms with Crippen molar-refractivity contribution in [2.45, 2.75) is 39.0 Å². The molecule has 0 bridgehead atoms. The Balaban J connectivity index is 4.25. The molecule has 0 radical (unpaired) electrons. The van der Waals surface area contributed by atoms with Gasteiger partial charge in [0.25, 0.3) is 0 Å². The van der Waals surface area contributed by atoms with Crippen molar-refractivity contribution in [1.29, 1.82) is 0 Å². The van der Waals surface area contributed by atoms with Gasteiger partial charge >= 0.3 is 5.97 Å². The van der Waals surface area contributed by atoms with Crippen molar-refractivity contribution in [2.75, 3.05) is 13.7 Å². The van der Waals surface area contributed by atoms with Gasteiger partial charge in [-0.05, 0) is 25.7 Å². The predicted molar refractivity (Wildman–Crippen MR) is 59.1 cm³/mol. The van der Waals surface area contributed by atoms with E-state index in [0.717, 1.165) is 12.8 Å². The summed E-state index contributed by atoms with van der Waals surface area (Å²) in [6.45, 7) is 2.15. The molecule has 0 saturated heterocycles. The minimum atomic E-state index is -0.267. The van der Waals surface area contributed by atoms with Gasteiger partial charge in [0.15, 0.2) is 0 Å². The normalized spacial score (nSPS) is 14.0. The third-order valence-corrected chi connectivity index (χ3v) is 2.83. The summed E-state index contributed by atoms with van der Waals surface area (Å²) in [6.07, 6.45) is 8.74. The Morgan fingerprint density at radius 3 is 2.60 bits per heavy atom. The highest BCUT2D eigenvalue weighted by atomic mass is 16.5. The van der Waals surface area contributed by atoms with Gasteiger partial charge in [0.2, 0.25) is 0 Å². The van der Waals surface area contributed by atoms with Crippen LogP contribution in [0.4, 0.5) is 0 Å². The molecule has 0 saturated carbocycles. The Hall–Kier alpha value is -1.01. The van der Waals surface area contributed by atoms with Crippen LogP contribution in [0.3, 0.4) is 0 Å². The van der Waals surface area contributed by atoms with Crippen LogP contribution in [0.1, 0.15) is 39.0 Å². The number of terminal acetylenes is 1. The van der Waals surface area contributed by atoms with Crippen molar-refractivity contribution >= 4 is 5.97 Å². The predicted octanol–water partition coefficient (Wildman–Crippen LogP) is 1.74. The zero-order chi connectivity index (χ0) is 11.7. The quantitative estimate of drug-likeness (QED) is 0.516. The maximum absolute atomic E-state index is 11.0. The SMILES string of the molecule is C#C[C@](CC)(CCCO)CCC(=O)OC. The lowest BCUT2D eigenvalue weighted by Gasteiger charge is -2.26. The second kappa shape index (κ2) is 7.30. The molecule has 0 aliphatic carbocycles. The van der Waals surface area contributed by atoms with E-state index in [0.29, 0.717) is 19.3 Å². The first kappa shape index (κ1) is 14.0. The van der Waals surface area contributed by atoms with Crippen LogP contribution >= 0.6 is 0 Å². The molecule has 0 aliphatic heterocycles. The van der Waals surface area contributed by atoms with E-state index in [-0.39, 0.29) is 18.0 Å². The minimum absolute atomic E-state index is 0.141.